The van der Waals surface area contributed by atoms with Gasteiger partial charge in [0.1, 0.15) is 0 Å². The summed E-state index contributed by atoms with van der Waals surface area (Å²) in [5.74, 6) is -0.287. The van der Waals surface area contributed by atoms with Gasteiger partial charge in [-0.2, -0.15) is 0 Å². The molecule has 24 heavy (non-hydrogen) atoms. The highest BCUT2D eigenvalue weighted by molar-refractivity contribution is 6.00. The fraction of sp³-hybridized carbons (Fsp3) is 0.474. The van der Waals surface area contributed by atoms with Crippen LogP contribution < -0.4 is 5.32 Å². The Bertz CT molecular complexity index is 630. The summed E-state index contributed by atoms with van der Waals surface area (Å²) < 4.78 is 6.05. The Hall–Kier alpha value is -2.14. The molecule has 2 saturated heterocycles. The molecule has 2 heterocycles. The Balaban J connectivity index is 1.72. The van der Waals surface area contributed by atoms with Crippen LogP contribution in [0.15, 0.2) is 36.9 Å². The molecule has 5 nitrogen and oxygen atoms in total. The summed E-state index contributed by atoms with van der Waals surface area (Å²) in [5, 5.41) is 2.69. The van der Waals surface area contributed by atoms with Gasteiger partial charge < -0.3 is 15.0 Å². The minimum absolute atomic E-state index is 0.00190. The van der Waals surface area contributed by atoms with Crippen LogP contribution in [-0.4, -0.2) is 42.0 Å². The molecule has 2 aliphatic rings. The lowest BCUT2D eigenvalue weighted by molar-refractivity contribution is -0.111. The molecule has 1 aromatic rings. The van der Waals surface area contributed by atoms with E-state index in [1.54, 1.807) is 24.3 Å². The van der Waals surface area contributed by atoms with Crippen molar-refractivity contribution in [2.75, 3.05) is 25.0 Å². The summed E-state index contributed by atoms with van der Waals surface area (Å²) in [7, 11) is 0. The van der Waals surface area contributed by atoms with Crippen molar-refractivity contribution in [2.45, 2.75) is 37.7 Å². The number of piperidine rings is 1. The van der Waals surface area contributed by atoms with Crippen molar-refractivity contribution in [2.24, 2.45) is 0 Å². The van der Waals surface area contributed by atoms with E-state index in [0.29, 0.717) is 17.8 Å². The van der Waals surface area contributed by atoms with Crippen LogP contribution in [0.2, 0.25) is 0 Å². The highest BCUT2D eigenvalue weighted by atomic mass is 16.5. The number of rotatable bonds is 3. The lowest BCUT2D eigenvalue weighted by atomic mass is 9.85. The molecule has 2 aliphatic heterocycles. The summed E-state index contributed by atoms with van der Waals surface area (Å²) >= 11 is 0. The first-order chi connectivity index (χ1) is 11.6. The van der Waals surface area contributed by atoms with E-state index in [9.17, 15) is 9.59 Å². The largest absolute Gasteiger partial charge is 0.373 e. The van der Waals surface area contributed by atoms with Gasteiger partial charge >= 0.3 is 0 Å². The van der Waals surface area contributed by atoms with Crippen molar-refractivity contribution in [1.29, 1.82) is 0 Å². The third-order valence-corrected chi connectivity index (χ3v) is 4.82. The van der Waals surface area contributed by atoms with Gasteiger partial charge in [-0.05, 0) is 56.4 Å². The van der Waals surface area contributed by atoms with E-state index in [-0.39, 0.29) is 17.4 Å². The number of anilines is 1. The van der Waals surface area contributed by atoms with Crippen LogP contribution in [-0.2, 0) is 9.53 Å². The molecule has 1 N–H and O–H groups in total. The van der Waals surface area contributed by atoms with E-state index < -0.39 is 0 Å². The predicted molar refractivity (Wildman–Crippen MR) is 92.9 cm³/mol. The summed E-state index contributed by atoms with van der Waals surface area (Å²) in [5.41, 5.74) is 1.04. The number of carbonyl (C=O) groups excluding carboxylic acids is 2. The van der Waals surface area contributed by atoms with Gasteiger partial charge in [-0.1, -0.05) is 12.6 Å². The highest BCUT2D eigenvalue weighted by Crippen LogP contribution is 2.34. The molecule has 0 bridgehead atoms. The Morgan fingerprint density at radius 1 is 1.25 bits per heavy atom. The first-order valence-corrected chi connectivity index (χ1v) is 8.59. The molecule has 128 valence electrons. The molecule has 1 aromatic carbocycles. The zero-order valence-electron chi connectivity index (χ0n) is 13.9. The standard InChI is InChI=1S/C19H24N2O3/c1-2-17(22)20-16-8-5-7-15(13-16)18(23)21-11-6-10-19(14-21)9-3-4-12-24-19/h2,5,7-8,13H,1,3-4,6,9-12,14H2,(H,20,22). The van der Waals surface area contributed by atoms with Crippen LogP contribution >= 0.6 is 0 Å². The van der Waals surface area contributed by atoms with E-state index in [1.165, 1.54) is 12.5 Å². The summed E-state index contributed by atoms with van der Waals surface area (Å²) in [6.07, 6.45) is 6.53. The Labute approximate surface area is 142 Å². The number of likely N-dealkylation sites (tertiary alicyclic amines) is 1. The fourth-order valence-corrected chi connectivity index (χ4v) is 3.61. The molecule has 3 rings (SSSR count). The van der Waals surface area contributed by atoms with Crippen molar-refractivity contribution in [3.05, 3.63) is 42.5 Å². The minimum Gasteiger partial charge on any atom is -0.373 e. The van der Waals surface area contributed by atoms with E-state index in [0.717, 1.165) is 38.8 Å². The zero-order valence-corrected chi connectivity index (χ0v) is 13.9. The van der Waals surface area contributed by atoms with Crippen molar-refractivity contribution < 1.29 is 14.3 Å². The van der Waals surface area contributed by atoms with Crippen LogP contribution in [0.3, 0.4) is 0 Å². The first-order valence-electron chi connectivity index (χ1n) is 8.59. The number of hydrogen-bond donors (Lipinski definition) is 1. The van der Waals surface area contributed by atoms with Crippen LogP contribution in [0.5, 0.6) is 0 Å². The maximum atomic E-state index is 12.9. The quantitative estimate of drug-likeness (QED) is 0.868. The minimum atomic E-state index is -0.285. The average molecular weight is 328 g/mol. The number of benzene rings is 1. The molecule has 0 aliphatic carbocycles. The van der Waals surface area contributed by atoms with Crippen molar-refractivity contribution in [3.63, 3.8) is 0 Å². The number of nitrogens with one attached hydrogen (secondary N) is 1. The summed E-state index contributed by atoms with van der Waals surface area (Å²) in [6, 6.07) is 7.05. The Morgan fingerprint density at radius 3 is 2.83 bits per heavy atom. The van der Waals surface area contributed by atoms with Crippen LogP contribution in [0, 0.1) is 0 Å². The van der Waals surface area contributed by atoms with Crippen molar-refractivity contribution in [3.8, 4) is 0 Å². The molecule has 2 fully saturated rings. The second-order valence-corrected chi connectivity index (χ2v) is 6.59. The number of hydrogen-bond acceptors (Lipinski definition) is 3. The number of ether oxygens (including phenoxy) is 1. The maximum absolute atomic E-state index is 12.9. The zero-order chi connectivity index (χ0) is 17.0. The monoisotopic (exact) mass is 328 g/mol. The SMILES string of the molecule is C=CC(=O)Nc1cccc(C(=O)N2CCCC3(CCCCO3)C2)c1. The average Bonchev–Trinajstić information content (AvgIpc) is 2.62. The molecule has 0 radical (unpaired) electrons. The number of amides is 2. The van der Waals surface area contributed by atoms with E-state index in [1.807, 2.05) is 4.90 Å². The van der Waals surface area contributed by atoms with Gasteiger partial charge in [0.05, 0.1) is 5.60 Å². The van der Waals surface area contributed by atoms with E-state index >= 15 is 0 Å². The smallest absolute Gasteiger partial charge is 0.254 e. The van der Waals surface area contributed by atoms with Gasteiger partial charge in [-0.15, -0.1) is 0 Å². The molecule has 5 heteroatoms. The molecular weight excluding hydrogens is 304 g/mol. The molecule has 1 spiro atoms. The van der Waals surface area contributed by atoms with Crippen LogP contribution in [0.4, 0.5) is 5.69 Å². The second kappa shape index (κ2) is 7.18. The van der Waals surface area contributed by atoms with Gasteiger partial charge in [0.15, 0.2) is 0 Å². The summed E-state index contributed by atoms with van der Waals surface area (Å²) in [6.45, 7) is 5.65. The highest BCUT2D eigenvalue weighted by Gasteiger charge is 2.39. The molecule has 1 atom stereocenters. The molecule has 0 aromatic heterocycles. The lowest BCUT2D eigenvalue weighted by Gasteiger charge is -2.44. The maximum Gasteiger partial charge on any atom is 0.254 e. The van der Waals surface area contributed by atoms with Gasteiger partial charge in [-0.25, -0.2) is 0 Å². The molecule has 1 unspecified atom stereocenters. The van der Waals surface area contributed by atoms with Crippen LogP contribution in [0.25, 0.3) is 0 Å². The molecule has 2 amide bonds. The Morgan fingerprint density at radius 2 is 2.08 bits per heavy atom. The van der Waals surface area contributed by atoms with E-state index in [4.69, 9.17) is 4.74 Å². The molecular formula is C19H24N2O3. The fourth-order valence-electron chi connectivity index (χ4n) is 3.61. The second-order valence-electron chi connectivity index (χ2n) is 6.59. The first kappa shape index (κ1) is 16.7. The van der Waals surface area contributed by atoms with Crippen molar-refractivity contribution >= 4 is 17.5 Å². The van der Waals surface area contributed by atoms with Gasteiger partial charge in [0.25, 0.3) is 5.91 Å². The lowest BCUT2D eigenvalue weighted by Crippen LogP contribution is -2.53. The van der Waals surface area contributed by atoms with Crippen molar-refractivity contribution in [1.82, 2.24) is 4.90 Å². The third kappa shape index (κ3) is 3.67. The van der Waals surface area contributed by atoms with E-state index in [2.05, 4.69) is 11.9 Å². The van der Waals surface area contributed by atoms with Gasteiger partial charge in [-0.3, -0.25) is 9.59 Å². The third-order valence-electron chi connectivity index (χ3n) is 4.82. The van der Waals surface area contributed by atoms with Crippen LogP contribution in [0.1, 0.15) is 42.5 Å². The normalized spacial score (nSPS) is 23.8. The van der Waals surface area contributed by atoms with Gasteiger partial charge in [0.2, 0.25) is 5.91 Å². The number of carbonyl (C=O) groups is 2. The van der Waals surface area contributed by atoms with Gasteiger partial charge in [0, 0.05) is 30.9 Å². The predicted octanol–water partition coefficient (Wildman–Crippen LogP) is 2.99. The summed E-state index contributed by atoms with van der Waals surface area (Å²) in [4.78, 5) is 26.2. The Kier molecular flexibility index (Phi) is 5.00. The molecule has 0 saturated carbocycles. The number of nitrogens with zero attached hydrogens (tertiary/aromatic N) is 1. The topological polar surface area (TPSA) is 58.6 Å².